The predicted molar refractivity (Wildman–Crippen MR) is 127 cm³/mol. The Morgan fingerprint density at radius 3 is 2.56 bits per heavy atom. The standard InChI is InChI=1S/C25H20N8O/c26-17-18-2-1-3-20(14-18)21-6-9-32(29-21)23-16-25(31-10-12-34-13-11-31)33-24(28-23)15-22(30-33)19-4-7-27-8-5-19/h1-9,14-16H,10-13H2. The Hall–Kier alpha value is -4.55. The summed E-state index contributed by atoms with van der Waals surface area (Å²) in [5, 5.41) is 18.8. The van der Waals surface area contributed by atoms with Gasteiger partial charge in [0.1, 0.15) is 5.82 Å². The Kier molecular flexibility index (Phi) is 4.98. The molecule has 0 N–H and O–H groups in total. The highest BCUT2D eigenvalue weighted by atomic mass is 16.5. The number of hydrogen-bond acceptors (Lipinski definition) is 7. The van der Waals surface area contributed by atoms with E-state index in [0.717, 1.165) is 47.1 Å². The van der Waals surface area contributed by atoms with Gasteiger partial charge in [0.25, 0.3) is 0 Å². The Morgan fingerprint density at radius 1 is 0.882 bits per heavy atom. The van der Waals surface area contributed by atoms with E-state index >= 15 is 0 Å². The lowest BCUT2D eigenvalue weighted by molar-refractivity contribution is 0.122. The molecule has 1 saturated heterocycles. The number of nitrogens with zero attached hydrogens (tertiary/aromatic N) is 8. The van der Waals surface area contributed by atoms with Gasteiger partial charge in [-0.1, -0.05) is 12.1 Å². The molecular weight excluding hydrogens is 428 g/mol. The lowest BCUT2D eigenvalue weighted by atomic mass is 10.1. The van der Waals surface area contributed by atoms with Crippen LogP contribution in [0.15, 0.2) is 73.2 Å². The number of hydrogen-bond donors (Lipinski definition) is 0. The molecular formula is C25H20N8O. The molecule has 0 radical (unpaired) electrons. The van der Waals surface area contributed by atoms with Crippen LogP contribution in [0.5, 0.6) is 0 Å². The van der Waals surface area contributed by atoms with Crippen molar-refractivity contribution in [2.45, 2.75) is 0 Å². The summed E-state index contributed by atoms with van der Waals surface area (Å²) in [4.78, 5) is 11.2. The Balaban J connectivity index is 1.46. The van der Waals surface area contributed by atoms with E-state index < -0.39 is 0 Å². The lowest BCUT2D eigenvalue weighted by Gasteiger charge is -2.29. The van der Waals surface area contributed by atoms with Crippen LogP contribution in [0.3, 0.4) is 0 Å². The maximum Gasteiger partial charge on any atom is 0.160 e. The first-order valence-corrected chi connectivity index (χ1v) is 11.0. The number of rotatable bonds is 4. The largest absolute Gasteiger partial charge is 0.378 e. The van der Waals surface area contributed by atoms with Gasteiger partial charge in [0.05, 0.1) is 36.2 Å². The number of fused-ring (bicyclic) bond motifs is 1. The molecule has 1 aromatic carbocycles. The fourth-order valence-electron chi connectivity index (χ4n) is 4.10. The molecule has 1 aliphatic rings. The van der Waals surface area contributed by atoms with E-state index in [1.165, 1.54) is 0 Å². The normalized spacial score (nSPS) is 13.8. The molecule has 0 unspecified atom stereocenters. The summed E-state index contributed by atoms with van der Waals surface area (Å²) >= 11 is 0. The topological polar surface area (TPSA) is 97.2 Å². The van der Waals surface area contributed by atoms with Crippen molar-refractivity contribution in [3.63, 3.8) is 0 Å². The first-order chi connectivity index (χ1) is 16.8. The van der Waals surface area contributed by atoms with Crippen molar-refractivity contribution < 1.29 is 4.74 Å². The van der Waals surface area contributed by atoms with Crippen LogP contribution < -0.4 is 4.90 Å². The number of morpholine rings is 1. The minimum absolute atomic E-state index is 0.601. The van der Waals surface area contributed by atoms with Gasteiger partial charge in [-0.3, -0.25) is 4.98 Å². The van der Waals surface area contributed by atoms with Crippen LogP contribution in [0.25, 0.3) is 34.0 Å². The average Bonchev–Trinajstić information content (AvgIpc) is 3.57. The van der Waals surface area contributed by atoms with Gasteiger partial charge >= 0.3 is 0 Å². The van der Waals surface area contributed by atoms with Gasteiger partial charge in [-0.2, -0.15) is 20.0 Å². The van der Waals surface area contributed by atoms with Crippen LogP contribution in [0.4, 0.5) is 5.82 Å². The monoisotopic (exact) mass is 448 g/mol. The van der Waals surface area contributed by atoms with Crippen molar-refractivity contribution in [2.75, 3.05) is 31.2 Å². The molecule has 5 aromatic rings. The second-order valence-electron chi connectivity index (χ2n) is 7.95. The summed E-state index contributed by atoms with van der Waals surface area (Å²) in [5.41, 5.74) is 4.80. The van der Waals surface area contributed by atoms with Gasteiger partial charge in [0.15, 0.2) is 11.5 Å². The predicted octanol–water partition coefficient (Wildman–Crippen LogP) is 3.35. The zero-order valence-electron chi connectivity index (χ0n) is 18.2. The van der Waals surface area contributed by atoms with Crippen molar-refractivity contribution in [1.82, 2.24) is 29.4 Å². The Morgan fingerprint density at radius 2 is 1.74 bits per heavy atom. The molecule has 0 bridgehead atoms. The fraction of sp³-hybridized carbons (Fsp3) is 0.160. The van der Waals surface area contributed by atoms with Crippen molar-refractivity contribution in [1.29, 1.82) is 5.26 Å². The molecule has 0 aliphatic carbocycles. The van der Waals surface area contributed by atoms with Gasteiger partial charge in [0, 0.05) is 54.9 Å². The minimum atomic E-state index is 0.601. The summed E-state index contributed by atoms with van der Waals surface area (Å²) in [6.07, 6.45) is 5.40. The molecule has 4 aromatic heterocycles. The van der Waals surface area contributed by atoms with Crippen LogP contribution >= 0.6 is 0 Å². The maximum atomic E-state index is 9.22. The number of pyridine rings is 1. The highest BCUT2D eigenvalue weighted by molar-refractivity contribution is 5.67. The minimum Gasteiger partial charge on any atom is -0.378 e. The van der Waals surface area contributed by atoms with Gasteiger partial charge in [-0.15, -0.1) is 0 Å². The first kappa shape index (κ1) is 20.1. The van der Waals surface area contributed by atoms with Crippen LogP contribution in [0.1, 0.15) is 5.56 Å². The molecule has 34 heavy (non-hydrogen) atoms. The van der Waals surface area contributed by atoms with E-state index in [4.69, 9.17) is 19.9 Å². The van der Waals surface area contributed by atoms with Crippen LogP contribution in [-0.4, -0.2) is 55.7 Å². The number of nitriles is 1. The average molecular weight is 448 g/mol. The molecule has 1 aliphatic heterocycles. The SMILES string of the molecule is N#Cc1cccc(-c2ccn(-c3cc(N4CCOCC4)n4nc(-c5ccncc5)cc4n3)n2)c1. The maximum absolute atomic E-state index is 9.22. The van der Waals surface area contributed by atoms with E-state index in [2.05, 4.69) is 16.0 Å². The highest BCUT2D eigenvalue weighted by Crippen LogP contribution is 2.26. The van der Waals surface area contributed by atoms with Gasteiger partial charge in [0.2, 0.25) is 0 Å². The molecule has 9 nitrogen and oxygen atoms in total. The van der Waals surface area contributed by atoms with Crippen molar-refractivity contribution in [2.24, 2.45) is 0 Å². The summed E-state index contributed by atoms with van der Waals surface area (Å²) in [6, 6.07) is 19.4. The number of anilines is 1. The molecule has 166 valence electrons. The zero-order valence-corrected chi connectivity index (χ0v) is 18.2. The highest BCUT2D eigenvalue weighted by Gasteiger charge is 2.19. The Labute approximate surface area is 195 Å². The summed E-state index contributed by atoms with van der Waals surface area (Å²) in [5.74, 6) is 1.63. The molecule has 0 atom stereocenters. The smallest absolute Gasteiger partial charge is 0.160 e. The second kappa shape index (κ2) is 8.42. The molecule has 0 saturated carbocycles. The van der Waals surface area contributed by atoms with Crippen LogP contribution in [0, 0.1) is 11.3 Å². The second-order valence-corrected chi connectivity index (χ2v) is 7.95. The molecule has 0 spiro atoms. The fourth-order valence-corrected chi connectivity index (χ4v) is 4.10. The van der Waals surface area contributed by atoms with E-state index in [-0.39, 0.29) is 0 Å². The van der Waals surface area contributed by atoms with Gasteiger partial charge in [-0.25, -0.2) is 9.67 Å². The van der Waals surface area contributed by atoms with E-state index in [9.17, 15) is 5.26 Å². The summed E-state index contributed by atoms with van der Waals surface area (Å²) < 4.78 is 9.20. The van der Waals surface area contributed by atoms with E-state index in [0.29, 0.717) is 24.6 Å². The summed E-state index contributed by atoms with van der Waals surface area (Å²) in [6.45, 7) is 2.88. The number of ether oxygens (including phenoxy) is 1. The third-order valence-corrected chi connectivity index (χ3v) is 5.82. The van der Waals surface area contributed by atoms with E-state index in [1.807, 2.05) is 59.2 Å². The van der Waals surface area contributed by atoms with Crippen LogP contribution in [-0.2, 0) is 4.74 Å². The summed E-state index contributed by atoms with van der Waals surface area (Å²) in [7, 11) is 0. The van der Waals surface area contributed by atoms with Crippen molar-refractivity contribution in [3.8, 4) is 34.4 Å². The number of benzene rings is 1. The van der Waals surface area contributed by atoms with Gasteiger partial charge < -0.3 is 9.64 Å². The first-order valence-electron chi connectivity index (χ1n) is 11.0. The van der Waals surface area contributed by atoms with E-state index in [1.54, 1.807) is 23.1 Å². The molecule has 1 fully saturated rings. The van der Waals surface area contributed by atoms with Crippen molar-refractivity contribution >= 4 is 11.5 Å². The van der Waals surface area contributed by atoms with Gasteiger partial charge in [-0.05, 0) is 30.3 Å². The van der Waals surface area contributed by atoms with Crippen molar-refractivity contribution in [3.05, 3.63) is 78.8 Å². The molecule has 0 amide bonds. The zero-order chi connectivity index (χ0) is 22.9. The lowest BCUT2D eigenvalue weighted by Crippen LogP contribution is -2.37. The third-order valence-electron chi connectivity index (χ3n) is 5.82. The quantitative estimate of drug-likeness (QED) is 0.416. The molecule has 5 heterocycles. The molecule has 6 rings (SSSR count). The number of aromatic nitrogens is 6. The van der Waals surface area contributed by atoms with Crippen LogP contribution in [0.2, 0.25) is 0 Å². The third kappa shape index (κ3) is 3.66. The molecule has 9 heteroatoms. The Bertz CT molecular complexity index is 1510.